The van der Waals surface area contributed by atoms with E-state index in [9.17, 15) is 0 Å². The van der Waals surface area contributed by atoms with E-state index < -0.39 is 0 Å². The lowest BCUT2D eigenvalue weighted by atomic mass is 10.1. The summed E-state index contributed by atoms with van der Waals surface area (Å²) in [5.41, 5.74) is 8.06. The normalized spacial score (nSPS) is 15.8. The molecule has 0 radical (unpaired) electrons. The van der Waals surface area contributed by atoms with Crippen LogP contribution in [-0.4, -0.2) is 16.9 Å². The monoisotopic (exact) mass is 257 g/mol. The number of nitrogen functional groups attached to an aromatic ring is 1. The van der Waals surface area contributed by atoms with Crippen LogP contribution in [0.3, 0.4) is 0 Å². The predicted octanol–water partition coefficient (Wildman–Crippen LogP) is 3.26. The highest BCUT2D eigenvalue weighted by Gasteiger charge is 2.20. The van der Waals surface area contributed by atoms with Crippen molar-refractivity contribution in [2.45, 2.75) is 31.7 Å². The van der Waals surface area contributed by atoms with Gasteiger partial charge >= 0.3 is 0 Å². The Kier molecular flexibility index (Phi) is 3.15. The number of rotatable bonds is 3. The van der Waals surface area contributed by atoms with Crippen molar-refractivity contribution in [3.05, 3.63) is 30.3 Å². The fraction of sp³-hybridized carbons (Fsp3) is 0.400. The summed E-state index contributed by atoms with van der Waals surface area (Å²) >= 11 is 0. The molecule has 0 unspecified atom stereocenters. The molecule has 1 saturated carbocycles. The van der Waals surface area contributed by atoms with Crippen LogP contribution in [0.2, 0.25) is 0 Å². The Morgan fingerprint density at radius 2 is 2.05 bits per heavy atom. The Labute approximate surface area is 113 Å². The maximum atomic E-state index is 6.10. The third-order valence-corrected chi connectivity index (χ3v) is 3.80. The van der Waals surface area contributed by atoms with Gasteiger partial charge in [-0.2, -0.15) is 5.10 Å². The van der Waals surface area contributed by atoms with Crippen molar-refractivity contribution in [1.82, 2.24) is 9.78 Å². The highest BCUT2D eigenvalue weighted by atomic mass is 16.5. The summed E-state index contributed by atoms with van der Waals surface area (Å²) in [5.74, 6) is 1.59. The molecule has 19 heavy (non-hydrogen) atoms. The van der Waals surface area contributed by atoms with Crippen molar-refractivity contribution in [3.63, 3.8) is 0 Å². The molecule has 0 saturated heterocycles. The van der Waals surface area contributed by atoms with Gasteiger partial charge in [-0.3, -0.25) is 0 Å². The molecule has 4 nitrogen and oxygen atoms in total. The lowest BCUT2D eigenvalue weighted by Gasteiger charge is -2.11. The zero-order chi connectivity index (χ0) is 13.2. The predicted molar refractivity (Wildman–Crippen MR) is 76.1 cm³/mol. The number of anilines is 1. The van der Waals surface area contributed by atoms with Crippen LogP contribution in [0.1, 0.15) is 31.7 Å². The van der Waals surface area contributed by atoms with E-state index in [2.05, 4.69) is 5.10 Å². The quantitative estimate of drug-likeness (QED) is 0.918. The number of nitrogens with two attached hydrogens (primary N) is 1. The minimum Gasteiger partial charge on any atom is -0.497 e. The van der Waals surface area contributed by atoms with Gasteiger partial charge < -0.3 is 10.5 Å². The van der Waals surface area contributed by atoms with Gasteiger partial charge in [0.1, 0.15) is 11.6 Å². The number of hydrogen-bond donors (Lipinski definition) is 1. The summed E-state index contributed by atoms with van der Waals surface area (Å²) in [7, 11) is 1.67. The molecule has 1 aliphatic rings. The standard InChI is InChI=1S/C15H19N3O/c1-19-13-8-4-5-11(9-13)14-10-15(16)18(17-14)12-6-2-3-7-12/h4-5,8-10,12H,2-3,6-7,16H2,1H3. The van der Waals surface area contributed by atoms with Gasteiger partial charge in [0.05, 0.1) is 18.8 Å². The molecule has 0 bridgehead atoms. The first-order valence-corrected chi connectivity index (χ1v) is 6.77. The summed E-state index contributed by atoms with van der Waals surface area (Å²) in [6.07, 6.45) is 4.92. The van der Waals surface area contributed by atoms with Crippen molar-refractivity contribution in [2.24, 2.45) is 0 Å². The molecule has 1 aromatic heterocycles. The summed E-state index contributed by atoms with van der Waals surface area (Å²) in [6.45, 7) is 0. The van der Waals surface area contributed by atoms with Crippen LogP contribution in [0.4, 0.5) is 5.82 Å². The van der Waals surface area contributed by atoms with E-state index in [0.717, 1.165) is 22.8 Å². The number of nitrogens with zero attached hydrogens (tertiary/aromatic N) is 2. The first-order chi connectivity index (χ1) is 9.28. The molecule has 0 spiro atoms. The van der Waals surface area contributed by atoms with Crippen LogP contribution in [0.15, 0.2) is 30.3 Å². The first kappa shape index (κ1) is 12.1. The van der Waals surface area contributed by atoms with Crippen LogP contribution in [0.5, 0.6) is 5.75 Å². The van der Waals surface area contributed by atoms with Gasteiger partial charge in [0.15, 0.2) is 0 Å². The maximum absolute atomic E-state index is 6.10. The van der Waals surface area contributed by atoms with Crippen molar-refractivity contribution in [2.75, 3.05) is 12.8 Å². The Balaban J connectivity index is 1.94. The van der Waals surface area contributed by atoms with Gasteiger partial charge in [-0.15, -0.1) is 0 Å². The summed E-state index contributed by atoms with van der Waals surface area (Å²) < 4.78 is 7.24. The third-order valence-electron chi connectivity index (χ3n) is 3.80. The topological polar surface area (TPSA) is 53.1 Å². The Bertz CT molecular complexity index is 571. The van der Waals surface area contributed by atoms with E-state index in [-0.39, 0.29) is 0 Å². The molecule has 0 amide bonds. The number of ether oxygens (including phenoxy) is 1. The summed E-state index contributed by atoms with van der Waals surface area (Å²) in [4.78, 5) is 0. The van der Waals surface area contributed by atoms with Crippen molar-refractivity contribution in [3.8, 4) is 17.0 Å². The van der Waals surface area contributed by atoms with Crippen LogP contribution in [0.25, 0.3) is 11.3 Å². The smallest absolute Gasteiger partial charge is 0.122 e. The van der Waals surface area contributed by atoms with Gasteiger partial charge in [0.25, 0.3) is 0 Å². The molecular weight excluding hydrogens is 238 g/mol. The highest BCUT2D eigenvalue weighted by molar-refractivity contribution is 5.64. The molecule has 1 aromatic carbocycles. The van der Waals surface area contributed by atoms with Crippen molar-refractivity contribution >= 4 is 5.82 Å². The van der Waals surface area contributed by atoms with Crippen LogP contribution < -0.4 is 10.5 Å². The van der Waals surface area contributed by atoms with Gasteiger partial charge in [-0.05, 0) is 25.0 Å². The van der Waals surface area contributed by atoms with Gasteiger partial charge in [-0.1, -0.05) is 25.0 Å². The van der Waals surface area contributed by atoms with Gasteiger partial charge in [0, 0.05) is 11.6 Å². The lowest BCUT2D eigenvalue weighted by molar-refractivity contribution is 0.415. The molecule has 0 atom stereocenters. The van der Waals surface area contributed by atoms with E-state index >= 15 is 0 Å². The van der Waals surface area contributed by atoms with Crippen molar-refractivity contribution < 1.29 is 4.74 Å². The highest BCUT2D eigenvalue weighted by Crippen LogP contribution is 2.33. The molecule has 1 aliphatic carbocycles. The summed E-state index contributed by atoms with van der Waals surface area (Å²) in [6, 6.07) is 10.3. The van der Waals surface area contributed by atoms with Crippen molar-refractivity contribution in [1.29, 1.82) is 0 Å². The van der Waals surface area contributed by atoms with E-state index in [1.807, 2.05) is 35.0 Å². The van der Waals surface area contributed by atoms with Gasteiger partial charge in [0.2, 0.25) is 0 Å². The number of benzene rings is 1. The zero-order valence-electron chi connectivity index (χ0n) is 11.2. The molecule has 3 rings (SSSR count). The largest absolute Gasteiger partial charge is 0.497 e. The SMILES string of the molecule is COc1cccc(-c2cc(N)n(C3CCCC3)n2)c1. The molecule has 0 aliphatic heterocycles. The summed E-state index contributed by atoms with van der Waals surface area (Å²) in [5, 5.41) is 4.67. The average Bonchev–Trinajstić information content (AvgIpc) is 3.07. The molecular formula is C15H19N3O. The molecule has 100 valence electrons. The molecule has 1 fully saturated rings. The Morgan fingerprint density at radius 3 is 2.79 bits per heavy atom. The number of aromatic nitrogens is 2. The fourth-order valence-electron chi connectivity index (χ4n) is 2.77. The van der Waals surface area contributed by atoms with Crippen LogP contribution >= 0.6 is 0 Å². The first-order valence-electron chi connectivity index (χ1n) is 6.77. The lowest BCUT2D eigenvalue weighted by Crippen LogP contribution is -2.09. The van der Waals surface area contributed by atoms with Gasteiger partial charge in [-0.25, -0.2) is 4.68 Å². The Morgan fingerprint density at radius 1 is 1.26 bits per heavy atom. The molecule has 1 heterocycles. The van der Waals surface area contributed by atoms with Crippen LogP contribution in [0, 0.1) is 0 Å². The second-order valence-electron chi connectivity index (χ2n) is 5.07. The molecule has 2 aromatic rings. The maximum Gasteiger partial charge on any atom is 0.122 e. The Hall–Kier alpha value is -1.97. The number of methoxy groups -OCH3 is 1. The van der Waals surface area contributed by atoms with Crippen LogP contribution in [-0.2, 0) is 0 Å². The van der Waals surface area contributed by atoms with E-state index in [0.29, 0.717) is 6.04 Å². The zero-order valence-corrected chi connectivity index (χ0v) is 11.2. The minimum atomic E-state index is 0.472. The second-order valence-corrected chi connectivity index (χ2v) is 5.07. The van der Waals surface area contributed by atoms with E-state index in [4.69, 9.17) is 10.5 Å². The van der Waals surface area contributed by atoms with E-state index in [1.165, 1.54) is 25.7 Å². The second kappa shape index (κ2) is 4.96. The number of hydrogen-bond acceptors (Lipinski definition) is 3. The van der Waals surface area contributed by atoms with E-state index in [1.54, 1.807) is 7.11 Å². The fourth-order valence-corrected chi connectivity index (χ4v) is 2.77. The minimum absolute atomic E-state index is 0.472. The average molecular weight is 257 g/mol. The molecule has 2 N–H and O–H groups in total. The third kappa shape index (κ3) is 2.30. The molecule has 4 heteroatoms.